The lowest BCUT2D eigenvalue weighted by Crippen LogP contribution is -2.24. The highest BCUT2D eigenvalue weighted by Gasteiger charge is 2.14. The van der Waals surface area contributed by atoms with Crippen LogP contribution in [-0.4, -0.2) is 17.8 Å². The summed E-state index contributed by atoms with van der Waals surface area (Å²) >= 11 is 0. The molecule has 126 valence electrons. The molecule has 2 aromatic carbocycles. The first-order valence-electron chi connectivity index (χ1n) is 7.49. The Morgan fingerprint density at radius 1 is 1.24 bits per heavy atom. The highest BCUT2D eigenvalue weighted by atomic mass is 16.7. The SMILES string of the molecule is N#C/C(=C/Nc1ccccc1O)C(=O)NCc1ccc2c(c1)OCO2. The van der Waals surface area contributed by atoms with E-state index >= 15 is 0 Å². The smallest absolute Gasteiger partial charge is 0.263 e. The van der Waals surface area contributed by atoms with Gasteiger partial charge in [0.2, 0.25) is 6.79 Å². The van der Waals surface area contributed by atoms with E-state index in [-0.39, 0.29) is 24.7 Å². The Morgan fingerprint density at radius 2 is 2.04 bits per heavy atom. The number of aromatic hydroxyl groups is 1. The van der Waals surface area contributed by atoms with Gasteiger partial charge in [0.15, 0.2) is 11.5 Å². The van der Waals surface area contributed by atoms with Crippen LogP contribution in [0.15, 0.2) is 54.2 Å². The summed E-state index contributed by atoms with van der Waals surface area (Å²) in [6, 6.07) is 13.7. The summed E-state index contributed by atoms with van der Waals surface area (Å²) in [4.78, 5) is 12.1. The Balaban J connectivity index is 1.62. The molecule has 0 aromatic heterocycles. The van der Waals surface area contributed by atoms with Crippen molar-refractivity contribution in [2.75, 3.05) is 12.1 Å². The molecule has 0 spiro atoms. The number of phenolic OH excluding ortho intramolecular Hbond substituents is 1. The predicted molar refractivity (Wildman–Crippen MR) is 89.8 cm³/mol. The maximum absolute atomic E-state index is 12.1. The molecule has 2 aromatic rings. The number of nitrogens with zero attached hydrogens (tertiary/aromatic N) is 1. The van der Waals surface area contributed by atoms with Gasteiger partial charge in [0, 0.05) is 12.7 Å². The topological polar surface area (TPSA) is 104 Å². The summed E-state index contributed by atoms with van der Waals surface area (Å²) in [5.41, 5.74) is 1.12. The monoisotopic (exact) mass is 337 g/mol. The zero-order valence-corrected chi connectivity index (χ0v) is 13.2. The van der Waals surface area contributed by atoms with Crippen LogP contribution in [0.1, 0.15) is 5.56 Å². The molecule has 0 bridgehead atoms. The number of anilines is 1. The van der Waals surface area contributed by atoms with E-state index in [4.69, 9.17) is 14.7 Å². The van der Waals surface area contributed by atoms with E-state index in [1.807, 2.05) is 12.1 Å². The van der Waals surface area contributed by atoms with Crippen LogP contribution in [-0.2, 0) is 11.3 Å². The molecule has 1 aliphatic rings. The highest BCUT2D eigenvalue weighted by Crippen LogP contribution is 2.32. The van der Waals surface area contributed by atoms with Crippen LogP contribution in [0.3, 0.4) is 0 Å². The van der Waals surface area contributed by atoms with Crippen molar-refractivity contribution in [2.24, 2.45) is 0 Å². The zero-order chi connectivity index (χ0) is 17.6. The molecular formula is C18H15N3O4. The number of phenols is 1. The molecule has 0 saturated carbocycles. The van der Waals surface area contributed by atoms with E-state index in [0.717, 1.165) is 5.56 Å². The molecule has 3 N–H and O–H groups in total. The van der Waals surface area contributed by atoms with E-state index in [2.05, 4.69) is 10.6 Å². The fourth-order valence-electron chi connectivity index (χ4n) is 2.22. The largest absolute Gasteiger partial charge is 0.506 e. The highest BCUT2D eigenvalue weighted by molar-refractivity contribution is 5.97. The number of fused-ring (bicyclic) bond motifs is 1. The van der Waals surface area contributed by atoms with Crippen molar-refractivity contribution in [3.8, 4) is 23.3 Å². The van der Waals surface area contributed by atoms with Gasteiger partial charge in [0.05, 0.1) is 5.69 Å². The van der Waals surface area contributed by atoms with E-state index in [1.165, 1.54) is 12.3 Å². The van der Waals surface area contributed by atoms with E-state index in [0.29, 0.717) is 17.2 Å². The quantitative estimate of drug-likeness (QED) is 0.439. The predicted octanol–water partition coefficient (Wildman–Crippen LogP) is 2.26. The van der Waals surface area contributed by atoms with Crippen molar-refractivity contribution in [1.82, 2.24) is 5.32 Å². The Labute approximate surface area is 144 Å². The number of benzene rings is 2. The van der Waals surface area contributed by atoms with Gasteiger partial charge in [-0.15, -0.1) is 0 Å². The zero-order valence-electron chi connectivity index (χ0n) is 13.2. The van der Waals surface area contributed by atoms with E-state index in [9.17, 15) is 9.90 Å². The van der Waals surface area contributed by atoms with Crippen molar-refractivity contribution >= 4 is 11.6 Å². The standard InChI is InChI=1S/C18H15N3O4/c19-8-13(10-20-14-3-1-2-4-15(14)22)18(23)21-9-12-5-6-16-17(7-12)25-11-24-16/h1-7,10,20,22H,9,11H2,(H,21,23)/b13-10-. The van der Waals surface area contributed by atoms with Gasteiger partial charge in [-0.1, -0.05) is 18.2 Å². The van der Waals surface area contributed by atoms with Gasteiger partial charge >= 0.3 is 0 Å². The second-order valence-corrected chi connectivity index (χ2v) is 5.20. The van der Waals surface area contributed by atoms with Gasteiger partial charge in [-0.3, -0.25) is 4.79 Å². The minimum atomic E-state index is -0.525. The molecule has 1 aliphatic heterocycles. The van der Waals surface area contributed by atoms with Crippen molar-refractivity contribution in [2.45, 2.75) is 6.54 Å². The lowest BCUT2D eigenvalue weighted by Gasteiger charge is -2.07. The van der Waals surface area contributed by atoms with Gasteiger partial charge in [0.25, 0.3) is 5.91 Å². The van der Waals surface area contributed by atoms with Crippen LogP contribution in [0, 0.1) is 11.3 Å². The number of amides is 1. The maximum atomic E-state index is 12.1. The minimum absolute atomic E-state index is 0.0248. The Hall–Kier alpha value is -3.66. The first kappa shape index (κ1) is 16.2. The second-order valence-electron chi connectivity index (χ2n) is 5.20. The van der Waals surface area contributed by atoms with E-state index in [1.54, 1.807) is 30.3 Å². The molecule has 1 amide bonds. The average Bonchev–Trinajstić information content (AvgIpc) is 3.09. The third kappa shape index (κ3) is 3.82. The van der Waals surface area contributed by atoms with Crippen LogP contribution in [0.5, 0.6) is 17.2 Å². The molecule has 7 heteroatoms. The molecule has 3 rings (SSSR count). The van der Waals surface area contributed by atoms with Crippen molar-refractivity contribution in [3.63, 3.8) is 0 Å². The number of rotatable bonds is 5. The van der Waals surface area contributed by atoms with Crippen LogP contribution in [0.4, 0.5) is 5.69 Å². The van der Waals surface area contributed by atoms with Crippen LogP contribution in [0.25, 0.3) is 0 Å². The molecular weight excluding hydrogens is 322 g/mol. The number of hydrogen-bond acceptors (Lipinski definition) is 6. The third-order valence-electron chi connectivity index (χ3n) is 3.53. The van der Waals surface area contributed by atoms with Gasteiger partial charge in [-0.25, -0.2) is 0 Å². The molecule has 0 radical (unpaired) electrons. The summed E-state index contributed by atoms with van der Waals surface area (Å²) in [5.74, 6) is 0.795. The molecule has 0 unspecified atom stereocenters. The number of para-hydroxylation sites is 2. The second kappa shape index (κ2) is 7.27. The van der Waals surface area contributed by atoms with Crippen molar-refractivity contribution in [3.05, 3.63) is 59.8 Å². The van der Waals surface area contributed by atoms with Gasteiger partial charge in [-0.05, 0) is 29.8 Å². The lowest BCUT2D eigenvalue weighted by molar-refractivity contribution is -0.117. The van der Waals surface area contributed by atoms with Gasteiger partial charge in [-0.2, -0.15) is 5.26 Å². The molecule has 0 saturated heterocycles. The molecule has 0 atom stereocenters. The molecule has 7 nitrogen and oxygen atoms in total. The normalized spacial score (nSPS) is 12.4. The number of ether oxygens (including phenoxy) is 2. The molecule has 1 heterocycles. The first-order valence-corrected chi connectivity index (χ1v) is 7.49. The summed E-state index contributed by atoms with van der Waals surface area (Å²) < 4.78 is 10.5. The van der Waals surface area contributed by atoms with Crippen LogP contribution in [0.2, 0.25) is 0 Å². The number of carbonyl (C=O) groups excluding carboxylic acids is 1. The van der Waals surface area contributed by atoms with Gasteiger partial charge in [0.1, 0.15) is 17.4 Å². The number of nitrogens with one attached hydrogen (secondary N) is 2. The lowest BCUT2D eigenvalue weighted by atomic mass is 10.2. The van der Waals surface area contributed by atoms with Crippen molar-refractivity contribution < 1.29 is 19.4 Å². The van der Waals surface area contributed by atoms with Crippen molar-refractivity contribution in [1.29, 1.82) is 5.26 Å². The van der Waals surface area contributed by atoms with Crippen LogP contribution >= 0.6 is 0 Å². The Morgan fingerprint density at radius 3 is 2.84 bits per heavy atom. The fraction of sp³-hybridized carbons (Fsp3) is 0.111. The first-order chi connectivity index (χ1) is 12.2. The van der Waals surface area contributed by atoms with Crippen LogP contribution < -0.4 is 20.1 Å². The fourth-order valence-corrected chi connectivity index (χ4v) is 2.22. The molecule has 25 heavy (non-hydrogen) atoms. The number of nitriles is 1. The molecule has 0 fully saturated rings. The Bertz CT molecular complexity index is 871. The Kier molecular flexibility index (Phi) is 4.72. The maximum Gasteiger partial charge on any atom is 0.263 e. The summed E-state index contributed by atoms with van der Waals surface area (Å²) in [7, 11) is 0. The van der Waals surface area contributed by atoms with E-state index < -0.39 is 5.91 Å². The number of hydrogen-bond donors (Lipinski definition) is 3. The summed E-state index contributed by atoms with van der Waals surface area (Å²) in [5, 5.41) is 24.2. The average molecular weight is 337 g/mol. The van der Waals surface area contributed by atoms with Gasteiger partial charge < -0.3 is 25.2 Å². The molecule has 0 aliphatic carbocycles. The summed E-state index contributed by atoms with van der Waals surface area (Å²) in [6.45, 7) is 0.426. The minimum Gasteiger partial charge on any atom is -0.506 e. The number of carbonyl (C=O) groups is 1. The summed E-state index contributed by atoms with van der Waals surface area (Å²) in [6.07, 6.45) is 1.25. The third-order valence-corrected chi connectivity index (χ3v) is 3.53.